The van der Waals surface area contributed by atoms with Gasteiger partial charge in [-0.25, -0.2) is 0 Å². The summed E-state index contributed by atoms with van der Waals surface area (Å²) in [6, 6.07) is 4.93. The van der Waals surface area contributed by atoms with Crippen LogP contribution in [0.25, 0.3) is 0 Å². The van der Waals surface area contributed by atoms with E-state index in [0.29, 0.717) is 17.7 Å². The molecule has 0 aliphatic heterocycles. The molecule has 1 amide bonds. The number of rotatable bonds is 3. The van der Waals surface area contributed by atoms with Crippen LogP contribution in [0.1, 0.15) is 41.6 Å². The van der Waals surface area contributed by atoms with Crippen LogP contribution < -0.4 is 0 Å². The Labute approximate surface area is 113 Å². The summed E-state index contributed by atoms with van der Waals surface area (Å²) in [5, 5.41) is 20.0. The van der Waals surface area contributed by atoms with Crippen molar-refractivity contribution in [1.29, 1.82) is 0 Å². The van der Waals surface area contributed by atoms with E-state index in [9.17, 15) is 15.0 Å². The summed E-state index contributed by atoms with van der Waals surface area (Å²) in [6.07, 6.45) is 3.54. The largest absolute Gasteiger partial charge is 0.508 e. The maximum atomic E-state index is 12.4. The number of phenolic OH excluding ortho intramolecular Hbond substituents is 1. The van der Waals surface area contributed by atoms with Gasteiger partial charge in [0.25, 0.3) is 5.91 Å². The number of aromatic hydroxyl groups is 1. The molecular formula is C15H21NO3. The lowest BCUT2D eigenvalue weighted by atomic mass is 10.0. The highest BCUT2D eigenvalue weighted by molar-refractivity contribution is 5.96. The van der Waals surface area contributed by atoms with Crippen LogP contribution in [0.2, 0.25) is 0 Å². The third kappa shape index (κ3) is 2.89. The molecule has 4 heteroatoms. The predicted octanol–water partition coefficient (Wildman–Crippen LogP) is 2.08. The molecule has 0 aromatic heterocycles. The van der Waals surface area contributed by atoms with E-state index in [-0.39, 0.29) is 11.7 Å². The lowest BCUT2D eigenvalue weighted by Gasteiger charge is -2.29. The molecule has 1 aromatic rings. The van der Waals surface area contributed by atoms with Crippen molar-refractivity contribution in [3.05, 3.63) is 29.3 Å². The molecule has 2 N–H and O–H groups in total. The number of carbonyl (C=O) groups is 1. The summed E-state index contributed by atoms with van der Waals surface area (Å²) in [6.45, 7) is 2.07. The fraction of sp³-hybridized carbons (Fsp3) is 0.533. The average molecular weight is 263 g/mol. The Bertz CT molecular complexity index is 478. The molecule has 0 unspecified atom stereocenters. The highest BCUT2D eigenvalue weighted by Crippen LogP contribution is 2.30. The van der Waals surface area contributed by atoms with E-state index >= 15 is 0 Å². The van der Waals surface area contributed by atoms with Crippen LogP contribution in [0.4, 0.5) is 0 Å². The number of nitrogens with zero attached hydrogens (tertiary/aromatic N) is 1. The first kappa shape index (κ1) is 13.9. The minimum atomic E-state index is -0.741. The third-order valence-electron chi connectivity index (χ3n) is 3.95. The van der Waals surface area contributed by atoms with Gasteiger partial charge in [0, 0.05) is 24.7 Å². The Hall–Kier alpha value is -1.55. The molecule has 19 heavy (non-hydrogen) atoms. The standard InChI is InChI=1S/C15H21NO3/c1-11-12(6-5-7-13(11)17)14(18)16(2)10-15(19)8-3-4-9-15/h5-7,17,19H,3-4,8-10H2,1-2H3. The molecule has 1 aromatic carbocycles. The molecule has 1 aliphatic rings. The Morgan fingerprint density at radius 1 is 1.37 bits per heavy atom. The van der Waals surface area contributed by atoms with E-state index in [2.05, 4.69) is 0 Å². The van der Waals surface area contributed by atoms with E-state index in [1.54, 1.807) is 37.1 Å². The average Bonchev–Trinajstić information content (AvgIpc) is 2.78. The zero-order valence-electron chi connectivity index (χ0n) is 11.5. The molecule has 0 saturated heterocycles. The second-order valence-corrected chi connectivity index (χ2v) is 5.54. The van der Waals surface area contributed by atoms with Gasteiger partial charge in [0.2, 0.25) is 0 Å². The molecule has 0 spiro atoms. The fourth-order valence-corrected chi connectivity index (χ4v) is 2.77. The molecule has 1 saturated carbocycles. The number of hydrogen-bond acceptors (Lipinski definition) is 3. The van der Waals surface area contributed by atoms with Gasteiger partial charge < -0.3 is 15.1 Å². The van der Waals surface area contributed by atoms with E-state index in [4.69, 9.17) is 0 Å². The number of likely N-dealkylation sites (N-methyl/N-ethyl adjacent to an activating group) is 1. The van der Waals surface area contributed by atoms with Gasteiger partial charge >= 0.3 is 0 Å². The molecule has 0 heterocycles. The molecule has 1 aliphatic carbocycles. The number of amides is 1. The Morgan fingerprint density at radius 3 is 2.63 bits per heavy atom. The third-order valence-corrected chi connectivity index (χ3v) is 3.95. The number of benzene rings is 1. The number of hydrogen-bond donors (Lipinski definition) is 2. The predicted molar refractivity (Wildman–Crippen MR) is 73.2 cm³/mol. The summed E-state index contributed by atoms with van der Waals surface area (Å²) < 4.78 is 0. The monoisotopic (exact) mass is 263 g/mol. The van der Waals surface area contributed by atoms with Gasteiger partial charge in [0.15, 0.2) is 0 Å². The first-order chi connectivity index (χ1) is 8.93. The van der Waals surface area contributed by atoms with Gasteiger partial charge in [0.1, 0.15) is 5.75 Å². The molecule has 4 nitrogen and oxygen atoms in total. The number of aliphatic hydroxyl groups is 1. The minimum Gasteiger partial charge on any atom is -0.508 e. The van der Waals surface area contributed by atoms with E-state index in [0.717, 1.165) is 25.7 Å². The highest BCUT2D eigenvalue weighted by atomic mass is 16.3. The summed E-state index contributed by atoms with van der Waals surface area (Å²) in [7, 11) is 1.70. The van der Waals surface area contributed by atoms with Crippen molar-refractivity contribution in [2.24, 2.45) is 0 Å². The number of phenols is 1. The summed E-state index contributed by atoms with van der Waals surface area (Å²) in [5.74, 6) is -0.0347. The maximum Gasteiger partial charge on any atom is 0.254 e. The molecule has 104 valence electrons. The molecule has 0 bridgehead atoms. The minimum absolute atomic E-state index is 0.124. The van der Waals surface area contributed by atoms with Crippen LogP contribution in [-0.2, 0) is 0 Å². The van der Waals surface area contributed by atoms with Crippen LogP contribution in [0.5, 0.6) is 5.75 Å². The van der Waals surface area contributed by atoms with Crippen LogP contribution in [0.15, 0.2) is 18.2 Å². The topological polar surface area (TPSA) is 60.8 Å². The summed E-state index contributed by atoms with van der Waals surface area (Å²) in [4.78, 5) is 13.9. The van der Waals surface area contributed by atoms with E-state index < -0.39 is 5.60 Å². The van der Waals surface area contributed by atoms with Crippen LogP contribution in [0, 0.1) is 6.92 Å². The van der Waals surface area contributed by atoms with Gasteiger partial charge in [-0.15, -0.1) is 0 Å². The SMILES string of the molecule is Cc1c(O)cccc1C(=O)N(C)CC1(O)CCCC1. The quantitative estimate of drug-likeness (QED) is 0.877. The van der Waals surface area contributed by atoms with Crippen molar-refractivity contribution >= 4 is 5.91 Å². The first-order valence-electron chi connectivity index (χ1n) is 6.69. The van der Waals surface area contributed by atoms with Gasteiger partial charge in [0.05, 0.1) is 5.60 Å². The Kier molecular flexibility index (Phi) is 3.80. The van der Waals surface area contributed by atoms with Crippen molar-refractivity contribution in [1.82, 2.24) is 4.90 Å². The molecular weight excluding hydrogens is 242 g/mol. The normalized spacial score (nSPS) is 17.4. The van der Waals surface area contributed by atoms with Crippen molar-refractivity contribution in [2.75, 3.05) is 13.6 Å². The molecule has 1 fully saturated rings. The molecule has 0 radical (unpaired) electrons. The van der Waals surface area contributed by atoms with Crippen LogP contribution in [0.3, 0.4) is 0 Å². The second kappa shape index (κ2) is 5.21. The lowest BCUT2D eigenvalue weighted by molar-refractivity contribution is 0.0156. The number of carbonyl (C=O) groups excluding carboxylic acids is 1. The Morgan fingerprint density at radius 2 is 2.00 bits per heavy atom. The van der Waals surface area contributed by atoms with Crippen molar-refractivity contribution in [3.63, 3.8) is 0 Å². The van der Waals surface area contributed by atoms with Crippen LogP contribution in [-0.4, -0.2) is 40.2 Å². The smallest absolute Gasteiger partial charge is 0.254 e. The van der Waals surface area contributed by atoms with Crippen molar-refractivity contribution in [2.45, 2.75) is 38.2 Å². The van der Waals surface area contributed by atoms with E-state index in [1.807, 2.05) is 0 Å². The van der Waals surface area contributed by atoms with Crippen LogP contribution >= 0.6 is 0 Å². The Balaban J connectivity index is 2.12. The first-order valence-corrected chi connectivity index (χ1v) is 6.69. The fourth-order valence-electron chi connectivity index (χ4n) is 2.77. The molecule has 2 rings (SSSR count). The van der Waals surface area contributed by atoms with Crippen molar-refractivity contribution in [3.8, 4) is 5.75 Å². The highest BCUT2D eigenvalue weighted by Gasteiger charge is 2.33. The lowest BCUT2D eigenvalue weighted by Crippen LogP contribution is -2.42. The second-order valence-electron chi connectivity index (χ2n) is 5.54. The summed E-state index contributed by atoms with van der Waals surface area (Å²) >= 11 is 0. The van der Waals surface area contributed by atoms with Gasteiger partial charge in [-0.1, -0.05) is 18.9 Å². The maximum absolute atomic E-state index is 12.4. The van der Waals surface area contributed by atoms with E-state index in [1.165, 1.54) is 0 Å². The van der Waals surface area contributed by atoms with Gasteiger partial charge in [-0.3, -0.25) is 4.79 Å². The van der Waals surface area contributed by atoms with Crippen molar-refractivity contribution < 1.29 is 15.0 Å². The van der Waals surface area contributed by atoms with Gasteiger partial charge in [-0.2, -0.15) is 0 Å². The molecule has 0 atom stereocenters. The summed E-state index contributed by atoms with van der Waals surface area (Å²) in [5.41, 5.74) is 0.330. The zero-order valence-corrected chi connectivity index (χ0v) is 11.5. The zero-order chi connectivity index (χ0) is 14.0. The van der Waals surface area contributed by atoms with Gasteiger partial charge in [-0.05, 0) is 31.9 Å².